The predicted molar refractivity (Wildman–Crippen MR) is 132 cm³/mol. The molecule has 0 aliphatic carbocycles. The molecule has 2 amide bonds. The van der Waals surface area contributed by atoms with E-state index in [0.717, 1.165) is 22.0 Å². The molecule has 0 spiro atoms. The second kappa shape index (κ2) is 9.34. The zero-order chi connectivity index (χ0) is 24.4. The summed E-state index contributed by atoms with van der Waals surface area (Å²) >= 11 is 0. The molecule has 0 saturated carbocycles. The van der Waals surface area contributed by atoms with Crippen LogP contribution in [-0.2, 0) is 27.3 Å². The molecule has 3 aromatic carbocycles. The van der Waals surface area contributed by atoms with E-state index in [4.69, 9.17) is 9.47 Å². The van der Waals surface area contributed by atoms with Gasteiger partial charge in [-0.05, 0) is 47.5 Å². The number of benzene rings is 3. The third-order valence-corrected chi connectivity index (χ3v) is 5.90. The quantitative estimate of drug-likeness (QED) is 0.415. The summed E-state index contributed by atoms with van der Waals surface area (Å²) in [7, 11) is 1.32. The minimum Gasteiger partial charge on any atom is -0.482 e. The summed E-state index contributed by atoms with van der Waals surface area (Å²) in [6.45, 7) is 0.155. The highest BCUT2D eigenvalue weighted by Gasteiger charge is 2.26. The second-order valence-electron chi connectivity index (χ2n) is 8.23. The summed E-state index contributed by atoms with van der Waals surface area (Å²) in [4.78, 5) is 42.2. The molecule has 0 atom stereocenters. The van der Waals surface area contributed by atoms with Gasteiger partial charge in [-0.1, -0.05) is 30.3 Å². The third-order valence-electron chi connectivity index (χ3n) is 5.90. The van der Waals surface area contributed by atoms with Gasteiger partial charge < -0.3 is 24.7 Å². The standard InChI is InChI=1S/C27H23N3O5/c1-34-27(33)18-6-4-5-17(11-18)15-30-23-13-20(9-10-24(23)35-16-26(30)32)29-25(31)12-19-14-28-22-8-3-2-7-21(19)22/h2-11,13-14,28H,12,15-16H2,1H3,(H,29,31). The van der Waals surface area contributed by atoms with E-state index in [-0.39, 0.29) is 31.4 Å². The monoisotopic (exact) mass is 469 g/mol. The smallest absolute Gasteiger partial charge is 0.337 e. The highest BCUT2D eigenvalue weighted by Crippen LogP contribution is 2.35. The van der Waals surface area contributed by atoms with Gasteiger partial charge in [-0.25, -0.2) is 4.79 Å². The topological polar surface area (TPSA) is 101 Å². The van der Waals surface area contributed by atoms with Crippen molar-refractivity contribution in [3.05, 3.63) is 89.6 Å². The molecule has 1 aromatic heterocycles. The number of amides is 2. The van der Waals surface area contributed by atoms with Crippen molar-refractivity contribution >= 4 is 40.1 Å². The first-order valence-corrected chi connectivity index (χ1v) is 11.1. The molecule has 5 rings (SSSR count). The number of aromatic nitrogens is 1. The normalized spacial score (nSPS) is 12.7. The number of para-hydroxylation sites is 1. The highest BCUT2D eigenvalue weighted by molar-refractivity contribution is 6.00. The summed E-state index contributed by atoms with van der Waals surface area (Å²) in [5, 5.41) is 3.93. The van der Waals surface area contributed by atoms with Crippen molar-refractivity contribution in [2.24, 2.45) is 0 Å². The molecule has 0 radical (unpaired) electrons. The maximum Gasteiger partial charge on any atom is 0.337 e. The largest absolute Gasteiger partial charge is 0.482 e. The van der Waals surface area contributed by atoms with Crippen LogP contribution in [0.2, 0.25) is 0 Å². The van der Waals surface area contributed by atoms with Crippen molar-refractivity contribution in [2.45, 2.75) is 13.0 Å². The number of methoxy groups -OCH3 is 1. The summed E-state index contributed by atoms with van der Waals surface area (Å²) < 4.78 is 10.4. The fraction of sp³-hybridized carbons (Fsp3) is 0.148. The minimum atomic E-state index is -0.444. The van der Waals surface area contributed by atoms with Crippen molar-refractivity contribution in [3.63, 3.8) is 0 Å². The molecule has 2 heterocycles. The molecule has 8 heteroatoms. The Morgan fingerprint density at radius 3 is 2.80 bits per heavy atom. The Kier molecular flexibility index (Phi) is 5.93. The Balaban J connectivity index is 1.36. The summed E-state index contributed by atoms with van der Waals surface area (Å²) in [6, 6.07) is 20.0. The SMILES string of the molecule is COC(=O)c1cccc(CN2C(=O)COc3ccc(NC(=O)Cc4c[nH]c5ccccc45)cc32)c1. The fourth-order valence-corrected chi connectivity index (χ4v) is 4.21. The van der Waals surface area contributed by atoms with Gasteiger partial charge in [-0.15, -0.1) is 0 Å². The lowest BCUT2D eigenvalue weighted by atomic mass is 10.1. The number of aromatic amines is 1. The van der Waals surface area contributed by atoms with E-state index in [9.17, 15) is 14.4 Å². The van der Waals surface area contributed by atoms with Gasteiger partial charge in [0, 0.05) is 22.8 Å². The number of nitrogens with one attached hydrogen (secondary N) is 2. The number of anilines is 2. The van der Waals surface area contributed by atoms with Crippen molar-refractivity contribution in [3.8, 4) is 5.75 Å². The van der Waals surface area contributed by atoms with Crippen molar-refractivity contribution in [1.29, 1.82) is 0 Å². The molecule has 2 N–H and O–H groups in total. The lowest BCUT2D eigenvalue weighted by Crippen LogP contribution is -2.38. The van der Waals surface area contributed by atoms with Crippen molar-refractivity contribution in [1.82, 2.24) is 4.98 Å². The number of H-pyrrole nitrogens is 1. The van der Waals surface area contributed by atoms with Crippen LogP contribution in [0.4, 0.5) is 11.4 Å². The number of carbonyl (C=O) groups excluding carboxylic acids is 3. The van der Waals surface area contributed by atoms with Crippen LogP contribution in [0, 0.1) is 0 Å². The van der Waals surface area contributed by atoms with Gasteiger partial charge in [0.2, 0.25) is 5.91 Å². The summed E-state index contributed by atoms with van der Waals surface area (Å²) in [5.41, 5.74) is 4.16. The average molecular weight is 469 g/mol. The molecule has 35 heavy (non-hydrogen) atoms. The van der Waals surface area contributed by atoms with Gasteiger partial charge in [-0.3, -0.25) is 9.59 Å². The molecule has 0 unspecified atom stereocenters. The third kappa shape index (κ3) is 4.59. The molecule has 0 fully saturated rings. The molecular weight excluding hydrogens is 446 g/mol. The van der Waals surface area contributed by atoms with Crippen LogP contribution in [-0.4, -0.2) is 36.5 Å². The molecule has 176 valence electrons. The number of ether oxygens (including phenoxy) is 2. The molecule has 1 aliphatic rings. The number of rotatable bonds is 6. The molecular formula is C27H23N3O5. The van der Waals surface area contributed by atoms with Crippen LogP contribution in [0.5, 0.6) is 5.75 Å². The molecule has 0 saturated heterocycles. The number of hydrogen-bond donors (Lipinski definition) is 2. The van der Waals surface area contributed by atoms with E-state index in [1.807, 2.05) is 36.5 Å². The van der Waals surface area contributed by atoms with E-state index < -0.39 is 5.97 Å². The zero-order valence-corrected chi connectivity index (χ0v) is 19.0. The summed E-state index contributed by atoms with van der Waals surface area (Å²) in [5.74, 6) is -0.289. The second-order valence-corrected chi connectivity index (χ2v) is 8.23. The Morgan fingerprint density at radius 1 is 1.09 bits per heavy atom. The molecule has 1 aliphatic heterocycles. The van der Waals surface area contributed by atoms with E-state index >= 15 is 0 Å². The lowest BCUT2D eigenvalue weighted by molar-refractivity contribution is -0.121. The van der Waals surface area contributed by atoms with Crippen LogP contribution >= 0.6 is 0 Å². The van der Waals surface area contributed by atoms with Gasteiger partial charge in [-0.2, -0.15) is 0 Å². The van der Waals surface area contributed by atoms with E-state index in [1.54, 1.807) is 41.3 Å². The van der Waals surface area contributed by atoms with E-state index in [0.29, 0.717) is 22.7 Å². The number of hydrogen-bond acceptors (Lipinski definition) is 5. The Labute approximate surface area is 201 Å². The fourth-order valence-electron chi connectivity index (χ4n) is 4.21. The first kappa shape index (κ1) is 22.2. The van der Waals surface area contributed by atoms with Crippen LogP contribution in [0.3, 0.4) is 0 Å². The maximum absolute atomic E-state index is 12.8. The zero-order valence-electron chi connectivity index (χ0n) is 19.0. The van der Waals surface area contributed by atoms with Crippen molar-refractivity contribution in [2.75, 3.05) is 23.9 Å². The predicted octanol–water partition coefficient (Wildman–Crippen LogP) is 4.06. The van der Waals surface area contributed by atoms with Crippen LogP contribution in [0.25, 0.3) is 10.9 Å². The molecule has 8 nitrogen and oxygen atoms in total. The average Bonchev–Trinajstić information content (AvgIpc) is 3.28. The lowest BCUT2D eigenvalue weighted by Gasteiger charge is -2.30. The van der Waals surface area contributed by atoms with Crippen LogP contribution < -0.4 is 15.0 Å². The van der Waals surface area contributed by atoms with Crippen LogP contribution in [0.15, 0.2) is 72.9 Å². The summed E-state index contributed by atoms with van der Waals surface area (Å²) in [6.07, 6.45) is 2.05. The van der Waals surface area contributed by atoms with E-state index in [2.05, 4.69) is 10.3 Å². The van der Waals surface area contributed by atoms with Gasteiger partial charge in [0.05, 0.1) is 31.3 Å². The Bertz CT molecular complexity index is 1440. The highest BCUT2D eigenvalue weighted by atomic mass is 16.5. The van der Waals surface area contributed by atoms with E-state index in [1.165, 1.54) is 7.11 Å². The van der Waals surface area contributed by atoms with Gasteiger partial charge in [0.1, 0.15) is 5.75 Å². The Hall–Kier alpha value is -4.59. The van der Waals surface area contributed by atoms with Gasteiger partial charge in [0.25, 0.3) is 5.91 Å². The van der Waals surface area contributed by atoms with Gasteiger partial charge in [0.15, 0.2) is 6.61 Å². The minimum absolute atomic E-state index is 0.0873. The first-order chi connectivity index (χ1) is 17.0. The molecule has 4 aromatic rings. The number of carbonyl (C=O) groups is 3. The molecule has 0 bridgehead atoms. The number of nitrogens with zero attached hydrogens (tertiary/aromatic N) is 1. The first-order valence-electron chi connectivity index (χ1n) is 11.1. The maximum atomic E-state index is 12.8. The van der Waals surface area contributed by atoms with Crippen LogP contribution in [0.1, 0.15) is 21.5 Å². The van der Waals surface area contributed by atoms with Gasteiger partial charge >= 0.3 is 5.97 Å². The number of fused-ring (bicyclic) bond motifs is 2. The van der Waals surface area contributed by atoms with Crippen molar-refractivity contribution < 1.29 is 23.9 Å². The Morgan fingerprint density at radius 2 is 1.94 bits per heavy atom. The number of esters is 1.